The fraction of sp³-hybridized carbons (Fsp3) is 0.0909. The number of carbonyl (C=O) groups is 1. The van der Waals surface area contributed by atoms with Crippen molar-refractivity contribution in [1.82, 2.24) is 0 Å². The van der Waals surface area contributed by atoms with E-state index in [1.54, 1.807) is 13.0 Å². The molecule has 0 aliphatic heterocycles. The van der Waals surface area contributed by atoms with Crippen molar-refractivity contribution in [2.75, 3.05) is 0 Å². The molecule has 16 heavy (non-hydrogen) atoms. The normalized spacial score (nSPS) is 11.0. The topological polar surface area (TPSA) is 81.5 Å². The van der Waals surface area contributed by atoms with Crippen molar-refractivity contribution in [3.8, 4) is 0 Å². The van der Waals surface area contributed by atoms with Gasteiger partial charge in [-0.25, -0.2) is 0 Å². The molecule has 0 unspecified atom stereocenters. The molecule has 0 atom stereocenters. The van der Waals surface area contributed by atoms with Crippen LogP contribution in [0.3, 0.4) is 0 Å². The Morgan fingerprint density at radius 3 is 2.56 bits per heavy atom. The minimum absolute atomic E-state index is 0.232. The molecule has 0 saturated heterocycles. The summed E-state index contributed by atoms with van der Waals surface area (Å²) in [6.07, 6.45) is 1.72. The van der Waals surface area contributed by atoms with E-state index in [1.807, 2.05) is 24.3 Å². The Hall–Kier alpha value is -1.62. The van der Waals surface area contributed by atoms with Crippen LogP contribution in [-0.4, -0.2) is 11.9 Å². The third-order valence-corrected chi connectivity index (χ3v) is 2.57. The molecule has 1 aromatic carbocycles. The third-order valence-electron chi connectivity index (χ3n) is 1.85. The van der Waals surface area contributed by atoms with Crippen LogP contribution >= 0.6 is 15.9 Å². The molecule has 4 N–H and O–H groups in total. The highest BCUT2D eigenvalue weighted by atomic mass is 79.9. The average Bonchev–Trinajstić information content (AvgIpc) is 2.20. The average molecular weight is 282 g/mol. The number of rotatable bonds is 2. The van der Waals surface area contributed by atoms with Gasteiger partial charge in [0.25, 0.3) is 5.91 Å². The monoisotopic (exact) mass is 281 g/mol. The summed E-state index contributed by atoms with van der Waals surface area (Å²) in [5, 5.41) is 0. The van der Waals surface area contributed by atoms with Gasteiger partial charge in [0.15, 0.2) is 5.96 Å². The van der Waals surface area contributed by atoms with Gasteiger partial charge >= 0.3 is 0 Å². The van der Waals surface area contributed by atoms with Gasteiger partial charge in [-0.15, -0.1) is 0 Å². The van der Waals surface area contributed by atoms with E-state index < -0.39 is 5.91 Å². The molecule has 0 saturated carbocycles. The summed E-state index contributed by atoms with van der Waals surface area (Å²) in [5.74, 6) is -0.666. The highest BCUT2D eigenvalue weighted by Crippen LogP contribution is 2.19. The Morgan fingerprint density at radius 2 is 2.00 bits per heavy atom. The number of guanidine groups is 1. The van der Waals surface area contributed by atoms with Crippen LogP contribution in [0.25, 0.3) is 6.08 Å². The summed E-state index contributed by atoms with van der Waals surface area (Å²) in [6.45, 7) is 1.66. The number of nitrogens with two attached hydrogens (primary N) is 2. The van der Waals surface area contributed by atoms with Gasteiger partial charge in [-0.2, -0.15) is 4.99 Å². The van der Waals surface area contributed by atoms with E-state index in [2.05, 4.69) is 20.9 Å². The molecule has 0 bridgehead atoms. The van der Waals surface area contributed by atoms with Crippen molar-refractivity contribution >= 4 is 33.9 Å². The zero-order chi connectivity index (χ0) is 12.1. The molecule has 0 aliphatic carbocycles. The van der Waals surface area contributed by atoms with Crippen LogP contribution in [0.5, 0.6) is 0 Å². The van der Waals surface area contributed by atoms with Crippen LogP contribution in [0.4, 0.5) is 0 Å². The molecule has 0 radical (unpaired) electrons. The fourth-order valence-electron chi connectivity index (χ4n) is 1.09. The molecule has 1 amide bonds. The molecule has 4 nitrogen and oxygen atoms in total. The van der Waals surface area contributed by atoms with Crippen LogP contribution in [0.1, 0.15) is 12.5 Å². The maximum absolute atomic E-state index is 11.4. The van der Waals surface area contributed by atoms with E-state index in [4.69, 9.17) is 11.5 Å². The number of benzene rings is 1. The molecule has 0 spiro atoms. The number of amides is 1. The SMILES string of the molecule is CC(=Cc1ccccc1Br)C(=O)N=C(N)N. The van der Waals surface area contributed by atoms with E-state index in [1.165, 1.54) is 0 Å². The second kappa shape index (κ2) is 5.46. The number of aliphatic imine (C=N–C) groups is 1. The molecule has 0 heterocycles. The molecule has 0 aliphatic rings. The van der Waals surface area contributed by atoms with Crippen LogP contribution in [-0.2, 0) is 4.79 Å². The van der Waals surface area contributed by atoms with Crippen LogP contribution in [0.2, 0.25) is 0 Å². The van der Waals surface area contributed by atoms with Gasteiger partial charge in [-0.1, -0.05) is 34.1 Å². The number of halogens is 1. The molecule has 0 aromatic heterocycles. The first-order valence-corrected chi connectivity index (χ1v) is 5.37. The van der Waals surface area contributed by atoms with E-state index >= 15 is 0 Å². The molecular formula is C11H12BrN3O. The number of nitrogens with zero attached hydrogens (tertiary/aromatic N) is 1. The highest BCUT2D eigenvalue weighted by Gasteiger charge is 2.04. The smallest absolute Gasteiger partial charge is 0.275 e. The zero-order valence-corrected chi connectivity index (χ0v) is 10.4. The second-order valence-electron chi connectivity index (χ2n) is 3.19. The van der Waals surface area contributed by atoms with Gasteiger partial charge in [0.05, 0.1) is 0 Å². The van der Waals surface area contributed by atoms with Gasteiger partial charge in [0.1, 0.15) is 0 Å². The van der Waals surface area contributed by atoms with Crippen molar-refractivity contribution in [2.45, 2.75) is 6.92 Å². The van der Waals surface area contributed by atoms with E-state index in [0.29, 0.717) is 5.57 Å². The summed E-state index contributed by atoms with van der Waals surface area (Å²) in [6, 6.07) is 7.56. The Labute approximate surface area is 102 Å². The van der Waals surface area contributed by atoms with E-state index in [0.717, 1.165) is 10.0 Å². The minimum Gasteiger partial charge on any atom is -0.370 e. The number of hydrogen-bond donors (Lipinski definition) is 2. The van der Waals surface area contributed by atoms with Crippen LogP contribution in [0.15, 0.2) is 39.3 Å². The molecule has 0 fully saturated rings. The second-order valence-corrected chi connectivity index (χ2v) is 4.05. The van der Waals surface area contributed by atoms with Crippen molar-refractivity contribution in [2.24, 2.45) is 16.5 Å². The maximum atomic E-state index is 11.4. The Kier molecular flexibility index (Phi) is 4.25. The van der Waals surface area contributed by atoms with Gasteiger partial charge < -0.3 is 11.5 Å². The lowest BCUT2D eigenvalue weighted by molar-refractivity contribution is -0.114. The lowest BCUT2D eigenvalue weighted by atomic mass is 10.1. The molecule has 1 aromatic rings. The first-order valence-electron chi connectivity index (χ1n) is 4.57. The van der Waals surface area contributed by atoms with Crippen molar-refractivity contribution in [3.63, 3.8) is 0 Å². The third kappa shape index (κ3) is 3.51. The summed E-state index contributed by atoms with van der Waals surface area (Å²) in [7, 11) is 0. The standard InChI is InChI=1S/C11H12BrN3O/c1-7(10(16)15-11(13)14)6-8-4-2-3-5-9(8)12/h2-6H,1H3,(H4,13,14,15,16). The van der Waals surface area contributed by atoms with E-state index in [-0.39, 0.29) is 5.96 Å². The quantitative estimate of drug-likeness (QED) is 0.491. The first kappa shape index (κ1) is 12.4. The van der Waals surface area contributed by atoms with Gasteiger partial charge in [-0.3, -0.25) is 4.79 Å². The van der Waals surface area contributed by atoms with Gasteiger partial charge in [-0.05, 0) is 24.6 Å². The molecule has 84 valence electrons. The van der Waals surface area contributed by atoms with Gasteiger partial charge in [0, 0.05) is 10.0 Å². The van der Waals surface area contributed by atoms with Crippen LogP contribution < -0.4 is 11.5 Å². The number of hydrogen-bond acceptors (Lipinski definition) is 1. The summed E-state index contributed by atoms with van der Waals surface area (Å²) in [5.41, 5.74) is 11.6. The van der Waals surface area contributed by atoms with Crippen molar-refractivity contribution < 1.29 is 4.79 Å². The predicted octanol–water partition coefficient (Wildman–Crippen LogP) is 1.65. The van der Waals surface area contributed by atoms with Crippen LogP contribution in [0, 0.1) is 0 Å². The lowest BCUT2D eigenvalue weighted by Crippen LogP contribution is -2.24. The maximum Gasteiger partial charge on any atom is 0.275 e. The Morgan fingerprint density at radius 1 is 1.38 bits per heavy atom. The van der Waals surface area contributed by atoms with Crippen molar-refractivity contribution in [1.29, 1.82) is 0 Å². The molecule has 5 heteroatoms. The first-order chi connectivity index (χ1) is 7.50. The van der Waals surface area contributed by atoms with Gasteiger partial charge in [0.2, 0.25) is 0 Å². The largest absolute Gasteiger partial charge is 0.370 e. The number of carbonyl (C=O) groups excluding carboxylic acids is 1. The van der Waals surface area contributed by atoms with E-state index in [9.17, 15) is 4.79 Å². The lowest BCUT2D eigenvalue weighted by Gasteiger charge is -1.99. The summed E-state index contributed by atoms with van der Waals surface area (Å²) >= 11 is 3.38. The molecular weight excluding hydrogens is 270 g/mol. The minimum atomic E-state index is -0.434. The predicted molar refractivity (Wildman–Crippen MR) is 68.6 cm³/mol. The fourth-order valence-corrected chi connectivity index (χ4v) is 1.49. The zero-order valence-electron chi connectivity index (χ0n) is 8.77. The van der Waals surface area contributed by atoms with Crippen molar-refractivity contribution in [3.05, 3.63) is 39.9 Å². The Balaban J connectivity index is 2.98. The summed E-state index contributed by atoms with van der Waals surface area (Å²) < 4.78 is 0.909. The summed E-state index contributed by atoms with van der Waals surface area (Å²) in [4.78, 5) is 14.9. The Bertz CT molecular complexity index is 462. The highest BCUT2D eigenvalue weighted by molar-refractivity contribution is 9.10. The molecule has 1 rings (SSSR count).